The fourth-order valence-corrected chi connectivity index (χ4v) is 2.57. The van der Waals surface area contributed by atoms with Crippen LogP contribution in [0.25, 0.3) is 0 Å². The minimum atomic E-state index is 0. The third kappa shape index (κ3) is 7.89. The Labute approximate surface area is 187 Å². The van der Waals surface area contributed by atoms with Gasteiger partial charge in [0, 0.05) is 6.21 Å². The van der Waals surface area contributed by atoms with Crippen molar-refractivity contribution in [1.82, 2.24) is 4.98 Å². The molecule has 1 heterocycles. The van der Waals surface area contributed by atoms with Crippen LogP contribution < -0.4 is 4.98 Å². The van der Waals surface area contributed by atoms with Gasteiger partial charge in [-0.2, -0.15) is 6.20 Å². The van der Waals surface area contributed by atoms with E-state index in [1.165, 1.54) is 35.2 Å². The summed E-state index contributed by atoms with van der Waals surface area (Å²) in [6, 6.07) is 11.9. The molecule has 2 nitrogen and oxygen atoms in total. The molecular weight excluding hydrogens is 495 g/mol. The molecule has 0 aliphatic heterocycles. The molecule has 1 saturated carbocycles. The molecule has 1 aromatic carbocycles. The van der Waals surface area contributed by atoms with Gasteiger partial charge < -0.3 is 19.8 Å². The van der Waals surface area contributed by atoms with Crippen molar-refractivity contribution in [3.05, 3.63) is 98.3 Å². The van der Waals surface area contributed by atoms with E-state index in [1.807, 2.05) is 36.4 Å². The van der Waals surface area contributed by atoms with Gasteiger partial charge in [-0.3, -0.25) is 4.99 Å². The van der Waals surface area contributed by atoms with Crippen molar-refractivity contribution >= 4 is 11.9 Å². The van der Waals surface area contributed by atoms with Crippen LogP contribution in [0.15, 0.2) is 47.6 Å². The molecular formula is C24H32HfN2+. The Morgan fingerprint density at radius 1 is 0.704 bits per heavy atom. The zero-order valence-electron chi connectivity index (χ0n) is 18.0. The maximum atomic E-state index is 4.30. The quantitative estimate of drug-likeness (QED) is 0.247. The van der Waals surface area contributed by atoms with Gasteiger partial charge in [0.05, 0.1) is 5.69 Å². The van der Waals surface area contributed by atoms with Crippen LogP contribution in [-0.4, -0.2) is 6.21 Å². The monoisotopic (exact) mass is 528 g/mol. The second-order valence-corrected chi connectivity index (χ2v) is 6.28. The van der Waals surface area contributed by atoms with E-state index in [-0.39, 0.29) is 40.7 Å². The van der Waals surface area contributed by atoms with Crippen molar-refractivity contribution in [2.45, 2.75) is 41.5 Å². The van der Waals surface area contributed by atoms with Crippen LogP contribution in [0.4, 0.5) is 5.69 Å². The molecule has 3 heteroatoms. The fourth-order valence-electron chi connectivity index (χ4n) is 2.57. The van der Waals surface area contributed by atoms with Crippen LogP contribution in [0, 0.1) is 51.4 Å². The summed E-state index contributed by atoms with van der Waals surface area (Å²) in [5.74, 6) is 7.34. The first-order valence-electron chi connectivity index (χ1n) is 8.28. The smallest absolute Gasteiger partial charge is 0.663 e. The molecule has 0 atom stereocenters. The van der Waals surface area contributed by atoms with Crippen molar-refractivity contribution < 1.29 is 25.8 Å². The van der Waals surface area contributed by atoms with Crippen LogP contribution in [0.2, 0.25) is 0 Å². The number of aliphatic imine (C=N–C) groups is 1. The van der Waals surface area contributed by atoms with Gasteiger partial charge >= 0.3 is 25.8 Å². The maximum absolute atomic E-state index is 4.30. The second-order valence-electron chi connectivity index (χ2n) is 6.28. The van der Waals surface area contributed by atoms with Crippen LogP contribution in [0.5, 0.6) is 0 Å². The molecule has 2 aromatic rings. The normalized spacial score (nSPS) is 16.2. The Bertz CT molecular complexity index is 586. The Kier molecular flexibility index (Phi) is 13.9. The average molecular weight is 527 g/mol. The predicted octanol–water partition coefficient (Wildman–Crippen LogP) is 6.57. The van der Waals surface area contributed by atoms with E-state index < -0.39 is 0 Å². The van der Waals surface area contributed by atoms with Crippen LogP contribution >= 0.6 is 0 Å². The number of nitrogens with zero attached hydrogens (tertiary/aromatic N) is 2. The van der Waals surface area contributed by atoms with Gasteiger partial charge in [-0.25, -0.2) is 0 Å². The van der Waals surface area contributed by atoms with E-state index in [0.29, 0.717) is 0 Å². The third-order valence-corrected chi connectivity index (χ3v) is 4.77. The molecule has 5 radical (unpaired) electrons. The van der Waals surface area contributed by atoms with Crippen LogP contribution in [0.1, 0.15) is 45.9 Å². The van der Waals surface area contributed by atoms with E-state index in [2.05, 4.69) is 51.5 Å². The van der Waals surface area contributed by atoms with Crippen molar-refractivity contribution in [3.8, 4) is 0 Å². The van der Waals surface area contributed by atoms with E-state index in [4.69, 9.17) is 0 Å². The number of hydrogen-bond acceptors (Lipinski definition) is 1. The van der Waals surface area contributed by atoms with Gasteiger partial charge in [-0.05, 0) is 48.6 Å². The van der Waals surface area contributed by atoms with Crippen LogP contribution in [-0.2, 0) is 25.8 Å². The van der Waals surface area contributed by atoms with Crippen LogP contribution in [0.3, 0.4) is 0 Å². The summed E-state index contributed by atoms with van der Waals surface area (Å²) in [5.41, 5.74) is 3.10. The molecule has 1 aliphatic carbocycles. The largest absolute Gasteiger partial charge is 4.00 e. The van der Waals surface area contributed by atoms with Crippen molar-refractivity contribution in [2.75, 3.05) is 0 Å². The number of aryl methyl sites for hydroxylation is 1. The fraction of sp³-hybridized carbons (Fsp3) is 0.250. The molecule has 141 valence electrons. The molecule has 0 spiro atoms. The van der Waals surface area contributed by atoms with Crippen molar-refractivity contribution in [1.29, 1.82) is 0 Å². The van der Waals surface area contributed by atoms with E-state index in [0.717, 1.165) is 11.4 Å². The van der Waals surface area contributed by atoms with Crippen molar-refractivity contribution in [2.24, 2.45) is 4.99 Å². The first-order valence-corrected chi connectivity index (χ1v) is 8.28. The molecule has 3 rings (SSSR count). The van der Waals surface area contributed by atoms with E-state index in [9.17, 15) is 0 Å². The summed E-state index contributed by atoms with van der Waals surface area (Å²) in [7, 11) is 0. The first-order chi connectivity index (χ1) is 11.4. The first kappa shape index (κ1) is 28.3. The zero-order valence-corrected chi connectivity index (χ0v) is 21.6. The SMILES string of the molecule is C[C]1[C](C)[C](C)[C](C)[C]1C.Cc1ccc(N=Cc2ccc[n-]2)cc1.[CH3-].[CH3-].[Hf+4]. The number of hydrogen-bond donors (Lipinski definition) is 0. The molecule has 27 heavy (non-hydrogen) atoms. The third-order valence-electron chi connectivity index (χ3n) is 4.77. The molecule has 0 saturated heterocycles. The van der Waals surface area contributed by atoms with Gasteiger partial charge in [0.15, 0.2) is 0 Å². The Morgan fingerprint density at radius 2 is 1.15 bits per heavy atom. The standard InChI is InChI=1S/C12H11N2.C10H15.2CH3.Hf/c1-10-4-6-11(7-5-10)14-9-12-3-2-8-13-12;1-6-7(2)9(4)10(5)8(6)3;;;/h2-9H,1H3;1-5H3;2*1H3;/q-1;;2*-1;+4. The summed E-state index contributed by atoms with van der Waals surface area (Å²) in [4.78, 5) is 8.40. The molecule has 0 unspecified atom stereocenters. The van der Waals surface area contributed by atoms with Gasteiger partial charge in [-0.15, -0.1) is 5.69 Å². The predicted molar refractivity (Wildman–Crippen MR) is 116 cm³/mol. The molecule has 0 amide bonds. The van der Waals surface area contributed by atoms with E-state index >= 15 is 0 Å². The topological polar surface area (TPSA) is 26.5 Å². The van der Waals surface area contributed by atoms with Gasteiger partial charge in [0.2, 0.25) is 0 Å². The summed E-state index contributed by atoms with van der Waals surface area (Å²) >= 11 is 0. The maximum Gasteiger partial charge on any atom is 4.00 e. The molecule has 1 fully saturated rings. The van der Waals surface area contributed by atoms with Gasteiger partial charge in [0.25, 0.3) is 0 Å². The van der Waals surface area contributed by atoms with Gasteiger partial charge in [0.1, 0.15) is 0 Å². The minimum absolute atomic E-state index is 0. The molecule has 0 N–H and O–H groups in total. The summed E-state index contributed by atoms with van der Waals surface area (Å²) < 4.78 is 0. The second kappa shape index (κ2) is 13.3. The zero-order chi connectivity index (χ0) is 17.7. The number of aromatic nitrogens is 1. The van der Waals surface area contributed by atoms with Gasteiger partial charge in [-0.1, -0.05) is 64.4 Å². The Balaban J connectivity index is 0. The van der Waals surface area contributed by atoms with Crippen molar-refractivity contribution in [3.63, 3.8) is 0 Å². The summed E-state index contributed by atoms with van der Waals surface area (Å²) in [6.45, 7) is 13.1. The molecule has 1 aliphatic rings. The average Bonchev–Trinajstić information content (AvgIpc) is 3.16. The summed E-state index contributed by atoms with van der Waals surface area (Å²) in [6.07, 6.45) is 3.53. The van der Waals surface area contributed by atoms with E-state index in [1.54, 1.807) is 12.4 Å². The summed E-state index contributed by atoms with van der Waals surface area (Å²) in [5, 5.41) is 0. The number of rotatable bonds is 2. The minimum Gasteiger partial charge on any atom is -0.663 e. The molecule has 1 aromatic heterocycles. The molecule has 0 bridgehead atoms. The number of benzene rings is 1. The Hall–Kier alpha value is -0.960. The Morgan fingerprint density at radius 3 is 1.52 bits per heavy atom.